The third-order valence-electron chi connectivity index (χ3n) is 5.09. The van der Waals surface area contributed by atoms with Crippen molar-refractivity contribution in [2.45, 2.75) is 26.6 Å². The van der Waals surface area contributed by atoms with Crippen molar-refractivity contribution in [3.63, 3.8) is 0 Å². The Hall–Kier alpha value is -5.47. The number of ether oxygens (including phenoxy) is 2. The Balaban J connectivity index is 0.000000240. The highest BCUT2D eigenvalue weighted by molar-refractivity contribution is 7.80. The number of hydrogen-bond acceptors (Lipinski definition) is 10. The average Bonchev–Trinajstić information content (AvgIpc) is 3.01. The number of nitrogens with two attached hydrogens (primary N) is 1. The molecule has 4 aromatic rings. The van der Waals surface area contributed by atoms with Crippen molar-refractivity contribution in [1.82, 2.24) is 25.3 Å². The van der Waals surface area contributed by atoms with Gasteiger partial charge in [0.05, 0.1) is 35.7 Å². The molecule has 42 heavy (non-hydrogen) atoms. The summed E-state index contributed by atoms with van der Waals surface area (Å²) < 4.78 is 37.3. The molecule has 0 saturated carbocycles. The molecule has 11 nitrogen and oxygen atoms in total. The van der Waals surface area contributed by atoms with Crippen molar-refractivity contribution in [2.24, 2.45) is 0 Å². The molecule has 4 rings (SSSR count). The minimum Gasteiger partial charge on any atom is -0.459 e. The van der Waals surface area contributed by atoms with Gasteiger partial charge in [0, 0.05) is 6.54 Å². The quantitative estimate of drug-likeness (QED) is 0.236. The zero-order valence-corrected chi connectivity index (χ0v) is 23.2. The van der Waals surface area contributed by atoms with Gasteiger partial charge in [0.25, 0.3) is 0 Å². The van der Waals surface area contributed by atoms with Crippen LogP contribution in [-0.4, -0.2) is 31.6 Å². The number of halogens is 2. The van der Waals surface area contributed by atoms with E-state index >= 15 is 0 Å². The monoisotopic (exact) mass is 589 g/mol. The van der Waals surface area contributed by atoms with Gasteiger partial charge in [0.2, 0.25) is 0 Å². The molecule has 0 atom stereocenters. The predicted molar refractivity (Wildman–Crippen MR) is 154 cm³/mol. The lowest BCUT2D eigenvalue weighted by atomic mass is 10.1. The molecule has 0 radical (unpaired) electrons. The zero-order valence-electron chi connectivity index (χ0n) is 22.3. The minimum atomic E-state index is -0.686. The van der Waals surface area contributed by atoms with E-state index in [4.69, 9.17) is 37.9 Å². The van der Waals surface area contributed by atoms with Crippen LogP contribution in [0, 0.1) is 34.3 Å². The number of hydrogen-bond donors (Lipinski definition) is 3. The minimum absolute atomic E-state index is 0.00346. The first-order valence-electron chi connectivity index (χ1n) is 12.4. The summed E-state index contributed by atoms with van der Waals surface area (Å²) >= 11 is 5.05. The van der Waals surface area contributed by atoms with E-state index in [-0.39, 0.29) is 42.0 Å². The standard InChI is InChI=1S/C16H16FN5OS.C12H9FN4O/c1-2-6-19-16(24)22-14-13(17)9-20-15(21-14)23-10-12-5-3-4-11(7-12)8-18;13-10-6-16-12(17-11(10)15)18-7-9-3-1-2-8(4-9)5-14/h3-5,7,9H,2,6,10H2,1H3,(H2,19,20,21,22,24);1-4,6H,7H2,(H2,15,16,17). The third kappa shape index (κ3) is 9.93. The number of benzene rings is 2. The Kier molecular flexibility index (Phi) is 11.8. The van der Waals surface area contributed by atoms with Crippen molar-refractivity contribution in [3.05, 3.63) is 94.8 Å². The van der Waals surface area contributed by atoms with Crippen LogP contribution in [0.1, 0.15) is 35.6 Å². The van der Waals surface area contributed by atoms with E-state index in [1.165, 1.54) is 0 Å². The number of thiocarbonyl (C=S) groups is 1. The third-order valence-corrected chi connectivity index (χ3v) is 5.33. The lowest BCUT2D eigenvalue weighted by Crippen LogP contribution is -2.29. The normalized spacial score (nSPS) is 9.83. The second-order valence-electron chi connectivity index (χ2n) is 8.32. The molecule has 2 aromatic carbocycles. The van der Waals surface area contributed by atoms with Crippen LogP contribution in [0.25, 0.3) is 0 Å². The maximum atomic E-state index is 13.7. The predicted octanol–water partition coefficient (Wildman–Crippen LogP) is 4.41. The lowest BCUT2D eigenvalue weighted by molar-refractivity contribution is 0.280. The summed E-state index contributed by atoms with van der Waals surface area (Å²) in [6.45, 7) is 3.02. The van der Waals surface area contributed by atoms with Gasteiger partial charge in [-0.1, -0.05) is 31.2 Å². The van der Waals surface area contributed by atoms with Gasteiger partial charge in [-0.25, -0.2) is 18.7 Å². The molecule has 0 bridgehead atoms. The van der Waals surface area contributed by atoms with Crippen LogP contribution in [0.4, 0.5) is 20.4 Å². The molecule has 214 valence electrons. The molecule has 0 unspecified atom stereocenters. The maximum absolute atomic E-state index is 13.7. The number of rotatable bonds is 9. The molecule has 2 aromatic heterocycles. The number of nitriles is 2. The summed E-state index contributed by atoms with van der Waals surface area (Å²) in [5, 5.41) is 23.5. The van der Waals surface area contributed by atoms with E-state index in [1.807, 2.05) is 19.1 Å². The molecule has 0 spiro atoms. The first kappa shape index (κ1) is 31.1. The van der Waals surface area contributed by atoms with Gasteiger partial charge in [-0.05, 0) is 54.0 Å². The molecular weight excluding hydrogens is 564 g/mol. The molecular formula is C28H25F2N9O2S. The number of nitrogen functional groups attached to an aromatic ring is 1. The van der Waals surface area contributed by atoms with Gasteiger partial charge in [0.1, 0.15) is 13.2 Å². The Morgan fingerprint density at radius 1 is 0.905 bits per heavy atom. The molecule has 14 heteroatoms. The number of nitrogens with one attached hydrogen (secondary N) is 2. The summed E-state index contributed by atoms with van der Waals surface area (Å²) in [5.41, 5.74) is 7.94. The zero-order chi connectivity index (χ0) is 30.3. The highest BCUT2D eigenvalue weighted by atomic mass is 32.1. The lowest BCUT2D eigenvalue weighted by Gasteiger charge is -2.11. The first-order valence-corrected chi connectivity index (χ1v) is 12.8. The van der Waals surface area contributed by atoms with Crippen LogP contribution in [0.5, 0.6) is 12.0 Å². The van der Waals surface area contributed by atoms with Gasteiger partial charge in [-0.3, -0.25) is 0 Å². The molecule has 4 N–H and O–H groups in total. The number of aromatic nitrogens is 4. The van der Waals surface area contributed by atoms with Gasteiger partial charge >= 0.3 is 12.0 Å². The Labute approximate surface area is 246 Å². The fourth-order valence-corrected chi connectivity index (χ4v) is 3.29. The van der Waals surface area contributed by atoms with Crippen molar-refractivity contribution >= 4 is 29.0 Å². The van der Waals surface area contributed by atoms with Gasteiger partial charge in [-0.2, -0.15) is 20.5 Å². The van der Waals surface area contributed by atoms with Crippen molar-refractivity contribution < 1.29 is 18.3 Å². The Morgan fingerprint density at radius 3 is 1.98 bits per heavy atom. The SMILES string of the molecule is CCCNC(=S)Nc1nc(OCc2cccc(C#N)c2)ncc1F.N#Cc1cccc(COc2ncc(F)c(N)n2)c1. The Morgan fingerprint density at radius 2 is 1.45 bits per heavy atom. The first-order chi connectivity index (χ1) is 20.3. The second-order valence-corrected chi connectivity index (χ2v) is 8.73. The topological polar surface area (TPSA) is 168 Å². The summed E-state index contributed by atoms with van der Waals surface area (Å²) in [6, 6.07) is 18.0. The summed E-state index contributed by atoms with van der Waals surface area (Å²) in [6.07, 6.45) is 2.85. The van der Waals surface area contributed by atoms with Crippen LogP contribution >= 0.6 is 12.2 Å². The van der Waals surface area contributed by atoms with Crippen molar-refractivity contribution in [2.75, 3.05) is 17.6 Å². The largest absolute Gasteiger partial charge is 0.459 e. The smallest absolute Gasteiger partial charge is 0.318 e. The number of anilines is 2. The van der Waals surface area contributed by atoms with E-state index in [2.05, 4.69) is 36.6 Å². The van der Waals surface area contributed by atoms with E-state index in [9.17, 15) is 8.78 Å². The molecule has 0 amide bonds. The van der Waals surface area contributed by atoms with Crippen LogP contribution in [0.2, 0.25) is 0 Å². The van der Waals surface area contributed by atoms with Crippen LogP contribution < -0.4 is 25.8 Å². The van der Waals surface area contributed by atoms with Crippen LogP contribution in [-0.2, 0) is 13.2 Å². The van der Waals surface area contributed by atoms with Crippen molar-refractivity contribution in [3.8, 4) is 24.2 Å². The highest BCUT2D eigenvalue weighted by Gasteiger charge is 2.10. The highest BCUT2D eigenvalue weighted by Crippen LogP contribution is 2.15. The fourth-order valence-electron chi connectivity index (χ4n) is 3.09. The van der Waals surface area contributed by atoms with Crippen LogP contribution in [0.15, 0.2) is 60.9 Å². The summed E-state index contributed by atoms with van der Waals surface area (Å²) in [4.78, 5) is 15.0. The van der Waals surface area contributed by atoms with Crippen molar-refractivity contribution in [1.29, 1.82) is 10.5 Å². The van der Waals surface area contributed by atoms with Gasteiger partial charge < -0.3 is 25.8 Å². The van der Waals surface area contributed by atoms with E-state index < -0.39 is 11.6 Å². The van der Waals surface area contributed by atoms with Crippen LogP contribution in [0.3, 0.4) is 0 Å². The molecule has 2 heterocycles. The van der Waals surface area contributed by atoms with Gasteiger partial charge in [-0.15, -0.1) is 0 Å². The molecule has 0 aliphatic rings. The summed E-state index contributed by atoms with van der Waals surface area (Å²) in [7, 11) is 0. The average molecular weight is 590 g/mol. The van der Waals surface area contributed by atoms with E-state index in [0.717, 1.165) is 29.9 Å². The molecule has 0 aliphatic heterocycles. The summed E-state index contributed by atoms with van der Waals surface area (Å²) in [5.74, 6) is -1.63. The van der Waals surface area contributed by atoms with Gasteiger partial charge in [0.15, 0.2) is 28.4 Å². The molecule has 0 fully saturated rings. The molecule has 0 saturated heterocycles. The van der Waals surface area contributed by atoms with E-state index in [0.29, 0.717) is 17.7 Å². The molecule has 0 aliphatic carbocycles. The Bertz CT molecular complexity index is 1610. The second kappa shape index (κ2) is 16.0. The fraction of sp³-hybridized carbons (Fsp3) is 0.179. The van der Waals surface area contributed by atoms with E-state index in [1.54, 1.807) is 42.5 Å². The maximum Gasteiger partial charge on any atom is 0.318 e. The number of nitrogens with zero attached hydrogens (tertiary/aromatic N) is 6.